The first kappa shape index (κ1) is 10.2. The van der Waals surface area contributed by atoms with Gasteiger partial charge in [-0.2, -0.15) is 0 Å². The average molecular weight is 206 g/mol. The van der Waals surface area contributed by atoms with Gasteiger partial charge in [-0.15, -0.1) is 0 Å². The number of hydrazine groups is 1. The Morgan fingerprint density at radius 2 is 2.33 bits per heavy atom. The summed E-state index contributed by atoms with van der Waals surface area (Å²) in [5, 5.41) is 3.58. The Morgan fingerprint density at radius 1 is 1.53 bits per heavy atom. The van der Waals surface area contributed by atoms with E-state index in [1.807, 2.05) is 12.1 Å². The quantitative estimate of drug-likeness (QED) is 0.521. The molecule has 4 heteroatoms. The summed E-state index contributed by atoms with van der Waals surface area (Å²) in [4.78, 5) is 4.08. The van der Waals surface area contributed by atoms with Crippen molar-refractivity contribution in [1.29, 1.82) is 0 Å². The largest absolute Gasteiger partial charge is 0.379 e. The molecule has 1 aliphatic rings. The molecule has 0 atom stereocenters. The zero-order chi connectivity index (χ0) is 10.7. The molecule has 0 unspecified atom stereocenters. The zero-order valence-electron chi connectivity index (χ0n) is 9.09. The van der Waals surface area contributed by atoms with Gasteiger partial charge < -0.3 is 10.7 Å². The van der Waals surface area contributed by atoms with Crippen molar-refractivity contribution in [1.82, 2.24) is 4.98 Å². The lowest BCUT2D eigenvalue weighted by Crippen LogP contribution is -2.44. The molecular weight excluding hydrogens is 188 g/mol. The third-order valence-corrected chi connectivity index (χ3v) is 3.30. The predicted molar refractivity (Wildman–Crippen MR) is 62.5 cm³/mol. The monoisotopic (exact) mass is 206 g/mol. The summed E-state index contributed by atoms with van der Waals surface area (Å²) < 4.78 is 0. The second kappa shape index (κ2) is 4.06. The first-order valence-electron chi connectivity index (χ1n) is 5.49. The van der Waals surface area contributed by atoms with Crippen LogP contribution in [0.1, 0.15) is 32.6 Å². The van der Waals surface area contributed by atoms with Gasteiger partial charge in [-0.05, 0) is 31.7 Å². The van der Waals surface area contributed by atoms with Crippen molar-refractivity contribution in [2.75, 3.05) is 10.7 Å². The molecule has 2 rings (SSSR count). The minimum atomic E-state index is 0.313. The first-order chi connectivity index (χ1) is 7.28. The molecule has 4 nitrogen and oxygen atoms in total. The van der Waals surface area contributed by atoms with Gasteiger partial charge in [0.25, 0.3) is 0 Å². The fourth-order valence-electron chi connectivity index (χ4n) is 2.06. The summed E-state index contributed by atoms with van der Waals surface area (Å²) in [6.45, 7) is 2.23. The summed E-state index contributed by atoms with van der Waals surface area (Å²) in [6.07, 6.45) is 6.78. The lowest BCUT2D eigenvalue weighted by Gasteiger charge is -2.43. The maximum atomic E-state index is 5.32. The van der Waals surface area contributed by atoms with E-state index >= 15 is 0 Å². The van der Waals surface area contributed by atoms with Gasteiger partial charge in [-0.1, -0.05) is 6.92 Å². The molecule has 0 spiro atoms. The number of anilines is 2. The molecule has 1 heterocycles. The third-order valence-electron chi connectivity index (χ3n) is 3.30. The topological polar surface area (TPSA) is 63.0 Å². The highest BCUT2D eigenvalue weighted by Gasteiger charge is 2.34. The predicted octanol–water partition coefficient (Wildman–Crippen LogP) is 2.11. The number of aromatic nitrogens is 1. The average Bonchev–Trinajstić information content (AvgIpc) is 2.24. The Kier molecular flexibility index (Phi) is 2.77. The molecule has 4 N–H and O–H groups in total. The normalized spacial score (nSPS) is 18.0. The third kappa shape index (κ3) is 2.04. The van der Waals surface area contributed by atoms with E-state index in [9.17, 15) is 0 Å². The second-order valence-electron chi connectivity index (χ2n) is 4.19. The smallest absolute Gasteiger partial charge is 0.141 e. The zero-order valence-corrected chi connectivity index (χ0v) is 9.09. The van der Waals surface area contributed by atoms with Crippen LogP contribution in [0.3, 0.4) is 0 Å². The number of nitrogens with one attached hydrogen (secondary N) is 2. The molecule has 1 aromatic heterocycles. The van der Waals surface area contributed by atoms with E-state index < -0.39 is 0 Å². The molecule has 0 saturated heterocycles. The first-order valence-corrected chi connectivity index (χ1v) is 5.49. The van der Waals surface area contributed by atoms with Crippen LogP contribution in [0, 0.1) is 0 Å². The van der Waals surface area contributed by atoms with Crippen molar-refractivity contribution in [2.24, 2.45) is 5.84 Å². The summed E-state index contributed by atoms with van der Waals surface area (Å²) in [5.41, 5.74) is 3.97. The van der Waals surface area contributed by atoms with Crippen LogP contribution in [0.4, 0.5) is 11.5 Å². The van der Waals surface area contributed by atoms with Gasteiger partial charge >= 0.3 is 0 Å². The number of nitrogen functional groups attached to an aromatic ring is 1. The van der Waals surface area contributed by atoms with E-state index in [1.165, 1.54) is 25.7 Å². The lowest BCUT2D eigenvalue weighted by atomic mass is 9.75. The van der Waals surface area contributed by atoms with Crippen LogP contribution in [0.25, 0.3) is 0 Å². The van der Waals surface area contributed by atoms with Crippen molar-refractivity contribution in [3.05, 3.63) is 18.3 Å². The van der Waals surface area contributed by atoms with Crippen molar-refractivity contribution in [3.8, 4) is 0 Å². The van der Waals surface area contributed by atoms with Gasteiger partial charge in [0, 0.05) is 23.5 Å². The van der Waals surface area contributed by atoms with Crippen LogP contribution in [-0.2, 0) is 0 Å². The van der Waals surface area contributed by atoms with Gasteiger partial charge in [-0.3, -0.25) is 0 Å². The summed E-state index contributed by atoms with van der Waals surface area (Å²) >= 11 is 0. The molecule has 0 aliphatic heterocycles. The Hall–Kier alpha value is -1.29. The Morgan fingerprint density at radius 3 is 2.87 bits per heavy atom. The van der Waals surface area contributed by atoms with E-state index in [4.69, 9.17) is 5.84 Å². The molecule has 0 bridgehead atoms. The summed E-state index contributed by atoms with van der Waals surface area (Å²) in [5.74, 6) is 6.02. The fourth-order valence-corrected chi connectivity index (χ4v) is 2.06. The number of nitrogens with zero attached hydrogens (tertiary/aromatic N) is 1. The van der Waals surface area contributed by atoms with E-state index in [0.717, 1.165) is 5.69 Å². The van der Waals surface area contributed by atoms with Gasteiger partial charge in [0.1, 0.15) is 5.82 Å². The molecule has 1 saturated carbocycles. The number of nitrogens with two attached hydrogens (primary N) is 1. The molecule has 0 aromatic carbocycles. The van der Waals surface area contributed by atoms with Gasteiger partial charge in [0.05, 0.1) is 0 Å². The van der Waals surface area contributed by atoms with E-state index in [0.29, 0.717) is 11.4 Å². The Bertz CT molecular complexity index is 328. The molecule has 0 radical (unpaired) electrons. The number of hydrogen-bond acceptors (Lipinski definition) is 4. The highest BCUT2D eigenvalue weighted by Crippen LogP contribution is 2.37. The summed E-state index contributed by atoms with van der Waals surface area (Å²) in [7, 11) is 0. The highest BCUT2D eigenvalue weighted by molar-refractivity contribution is 5.53. The van der Waals surface area contributed by atoms with Crippen molar-refractivity contribution >= 4 is 11.5 Å². The summed E-state index contributed by atoms with van der Waals surface area (Å²) in [6, 6.07) is 3.92. The molecule has 1 aromatic rings. The molecular formula is C11H18N4. The Labute approximate surface area is 90.2 Å². The van der Waals surface area contributed by atoms with Crippen LogP contribution in [0.15, 0.2) is 18.3 Å². The van der Waals surface area contributed by atoms with Gasteiger partial charge in [-0.25, -0.2) is 10.8 Å². The lowest BCUT2D eigenvalue weighted by molar-refractivity contribution is 0.269. The van der Waals surface area contributed by atoms with Gasteiger partial charge in [0.15, 0.2) is 0 Å². The number of rotatable bonds is 4. The minimum absolute atomic E-state index is 0.313. The van der Waals surface area contributed by atoms with Crippen LogP contribution in [0.2, 0.25) is 0 Å². The van der Waals surface area contributed by atoms with Crippen LogP contribution in [-0.4, -0.2) is 10.5 Å². The van der Waals surface area contributed by atoms with E-state index in [-0.39, 0.29) is 0 Å². The standard InChI is InChI=1S/C11H18N4/c1-2-11(5-3-6-11)14-9-4-7-13-10(8-9)15-12/h4,7-8H,2-3,5-6,12H2,1H3,(H2,13,14,15). The van der Waals surface area contributed by atoms with E-state index in [1.54, 1.807) is 6.20 Å². The second-order valence-corrected chi connectivity index (χ2v) is 4.19. The molecule has 15 heavy (non-hydrogen) atoms. The van der Waals surface area contributed by atoms with Crippen molar-refractivity contribution in [3.63, 3.8) is 0 Å². The maximum absolute atomic E-state index is 5.32. The van der Waals surface area contributed by atoms with Crippen molar-refractivity contribution < 1.29 is 0 Å². The fraction of sp³-hybridized carbons (Fsp3) is 0.545. The molecule has 82 valence electrons. The minimum Gasteiger partial charge on any atom is -0.379 e. The molecule has 1 fully saturated rings. The van der Waals surface area contributed by atoms with E-state index in [2.05, 4.69) is 22.7 Å². The van der Waals surface area contributed by atoms with Crippen LogP contribution < -0.4 is 16.6 Å². The highest BCUT2D eigenvalue weighted by atomic mass is 15.2. The number of hydrogen-bond donors (Lipinski definition) is 3. The molecule has 0 amide bonds. The molecule has 1 aliphatic carbocycles. The number of pyridine rings is 1. The maximum Gasteiger partial charge on any atom is 0.141 e. The van der Waals surface area contributed by atoms with Crippen molar-refractivity contribution in [2.45, 2.75) is 38.1 Å². The Balaban J connectivity index is 2.09. The van der Waals surface area contributed by atoms with Crippen LogP contribution in [0.5, 0.6) is 0 Å². The SMILES string of the molecule is CCC1(Nc2ccnc(NN)c2)CCC1. The van der Waals surface area contributed by atoms with Gasteiger partial charge in [0.2, 0.25) is 0 Å². The van der Waals surface area contributed by atoms with Crippen LogP contribution >= 0.6 is 0 Å².